The minimum Gasteiger partial charge on any atom is -0.395 e. The summed E-state index contributed by atoms with van der Waals surface area (Å²) in [7, 11) is 1.46. The SMILES string of the molecule is CN[C@@H]1[C@@H](O)[C@@H](O[C@H]2[C@H](NC(=O)C(O)C(F)(F)CN)C[C@H](N)C(O[C@H]3O[C@H](CNCCO)[C@@H](O)[C@H](O)[C@H]3O)[C@@H]2O)OC[C@]1(C)O. The van der Waals surface area contributed by atoms with E-state index in [1.807, 2.05) is 0 Å². The average Bonchev–Trinajstić information content (AvgIpc) is 2.98. The Kier molecular flexibility index (Phi) is 13.3. The van der Waals surface area contributed by atoms with Crippen LogP contribution in [0.25, 0.3) is 0 Å². The number of ether oxygens (including phenoxy) is 4. The molecular weight excluding hydrogens is 616 g/mol. The van der Waals surface area contributed by atoms with Gasteiger partial charge in [0.1, 0.15) is 54.4 Å². The van der Waals surface area contributed by atoms with E-state index in [-0.39, 0.29) is 32.7 Å². The maximum atomic E-state index is 14.0. The van der Waals surface area contributed by atoms with Crippen molar-refractivity contribution in [1.29, 1.82) is 0 Å². The summed E-state index contributed by atoms with van der Waals surface area (Å²) in [6, 6.07) is -3.61. The first-order valence-electron chi connectivity index (χ1n) is 14.5. The topological polar surface area (TPSA) is 304 Å². The maximum absolute atomic E-state index is 14.0. The maximum Gasteiger partial charge on any atom is 0.294 e. The molecule has 2 aliphatic heterocycles. The number of aliphatic hydroxyl groups is 8. The molecule has 0 aromatic heterocycles. The summed E-state index contributed by atoms with van der Waals surface area (Å²) < 4.78 is 50.7. The number of hydrogen-bond acceptors (Lipinski definition) is 17. The standard InChI is InChI=1S/C25H47F2N5O13/c1-24(41)8-42-22(16(38)19(24)30-2)45-18-10(32-21(40)20(39)25(26,27)7-28)5-9(29)17(15(18)37)44-23-14(36)13(35)12(34)11(43-23)6-31-3-4-33/h9-20,22-23,30-31,33-39,41H,3-8,28-29H2,1-2H3,(H,32,40)/t9-,10+,11+,12+,13-,14+,15-,16+,17?,18-,19+,20?,22+,23+,24-/m0/s1. The van der Waals surface area contributed by atoms with E-state index in [1.165, 1.54) is 14.0 Å². The number of carbonyl (C=O) groups excluding carboxylic acids is 1. The van der Waals surface area contributed by atoms with E-state index in [2.05, 4.69) is 16.0 Å². The van der Waals surface area contributed by atoms with Gasteiger partial charge in [0.2, 0.25) is 0 Å². The number of alkyl halides is 2. The van der Waals surface area contributed by atoms with E-state index in [1.54, 1.807) is 0 Å². The molecule has 0 bridgehead atoms. The van der Waals surface area contributed by atoms with Crippen molar-refractivity contribution in [2.24, 2.45) is 11.5 Å². The number of rotatable bonds is 13. The van der Waals surface area contributed by atoms with Gasteiger partial charge in [-0.1, -0.05) is 0 Å². The fourth-order valence-electron chi connectivity index (χ4n) is 5.70. The molecule has 3 aliphatic rings. The zero-order chi connectivity index (χ0) is 33.9. The molecule has 1 aliphatic carbocycles. The predicted octanol–water partition coefficient (Wildman–Crippen LogP) is -7.27. The molecule has 45 heavy (non-hydrogen) atoms. The van der Waals surface area contributed by atoms with Gasteiger partial charge in [0, 0.05) is 19.1 Å². The van der Waals surface area contributed by atoms with Crippen molar-refractivity contribution < 1.29 is 73.4 Å². The number of carbonyl (C=O) groups is 1. The van der Waals surface area contributed by atoms with Crippen LogP contribution in [-0.4, -0.2) is 184 Å². The lowest BCUT2D eigenvalue weighted by molar-refractivity contribution is -0.331. The molecule has 18 nitrogen and oxygen atoms in total. The third kappa shape index (κ3) is 8.59. The van der Waals surface area contributed by atoms with Crippen LogP contribution < -0.4 is 27.4 Å². The van der Waals surface area contributed by atoms with Gasteiger partial charge in [-0.15, -0.1) is 0 Å². The molecule has 264 valence electrons. The minimum absolute atomic E-state index is 0.0758. The summed E-state index contributed by atoms with van der Waals surface area (Å²) in [5.41, 5.74) is 9.67. The Hall–Kier alpha value is -1.31. The van der Waals surface area contributed by atoms with Gasteiger partial charge in [-0.25, -0.2) is 8.78 Å². The molecule has 0 spiro atoms. The van der Waals surface area contributed by atoms with Crippen LogP contribution in [0.2, 0.25) is 0 Å². The molecule has 1 saturated carbocycles. The van der Waals surface area contributed by atoms with Crippen LogP contribution in [0.3, 0.4) is 0 Å². The van der Waals surface area contributed by atoms with Gasteiger partial charge < -0.3 is 87.2 Å². The van der Waals surface area contributed by atoms with Crippen molar-refractivity contribution >= 4 is 5.91 Å². The number of amides is 1. The van der Waals surface area contributed by atoms with Gasteiger partial charge in [0.25, 0.3) is 11.8 Å². The van der Waals surface area contributed by atoms with Crippen LogP contribution in [0.15, 0.2) is 0 Å². The predicted molar refractivity (Wildman–Crippen MR) is 146 cm³/mol. The van der Waals surface area contributed by atoms with Crippen molar-refractivity contribution in [3.8, 4) is 0 Å². The van der Waals surface area contributed by atoms with Gasteiger partial charge in [0.05, 0.1) is 31.8 Å². The summed E-state index contributed by atoms with van der Waals surface area (Å²) in [4.78, 5) is 12.6. The highest BCUT2D eigenvalue weighted by atomic mass is 19.3. The first-order chi connectivity index (χ1) is 21.0. The Morgan fingerprint density at radius 1 is 1.07 bits per heavy atom. The Balaban J connectivity index is 1.86. The van der Waals surface area contributed by atoms with E-state index >= 15 is 0 Å². The third-order valence-corrected chi connectivity index (χ3v) is 8.29. The molecule has 15 N–H and O–H groups in total. The molecule has 2 saturated heterocycles. The second-order valence-electron chi connectivity index (χ2n) is 11.8. The second kappa shape index (κ2) is 15.7. The summed E-state index contributed by atoms with van der Waals surface area (Å²) >= 11 is 0. The van der Waals surface area contributed by atoms with Crippen molar-refractivity contribution in [3.05, 3.63) is 0 Å². The zero-order valence-corrected chi connectivity index (χ0v) is 24.9. The Morgan fingerprint density at radius 2 is 1.71 bits per heavy atom. The largest absolute Gasteiger partial charge is 0.395 e. The molecule has 0 radical (unpaired) electrons. The van der Waals surface area contributed by atoms with Gasteiger partial charge in [-0.3, -0.25) is 4.79 Å². The first-order valence-corrected chi connectivity index (χ1v) is 14.5. The number of nitrogens with one attached hydrogen (secondary N) is 3. The van der Waals surface area contributed by atoms with Crippen molar-refractivity contribution in [1.82, 2.24) is 16.0 Å². The fraction of sp³-hybridized carbons (Fsp3) is 0.960. The van der Waals surface area contributed by atoms with Gasteiger partial charge >= 0.3 is 0 Å². The average molecular weight is 664 g/mol. The second-order valence-corrected chi connectivity index (χ2v) is 11.8. The van der Waals surface area contributed by atoms with Gasteiger partial charge in [-0.05, 0) is 20.4 Å². The lowest BCUT2D eigenvalue weighted by Gasteiger charge is -2.49. The molecule has 15 atom stereocenters. The number of nitrogens with two attached hydrogens (primary N) is 2. The molecular formula is C25H47F2N5O13. The molecule has 2 heterocycles. The molecule has 1 amide bonds. The normalized spacial score (nSPS) is 43.6. The zero-order valence-electron chi connectivity index (χ0n) is 24.9. The summed E-state index contributed by atoms with van der Waals surface area (Å²) in [6.07, 6.45) is -19.3. The fourth-order valence-corrected chi connectivity index (χ4v) is 5.70. The van der Waals surface area contributed by atoms with Crippen molar-refractivity contribution in [3.63, 3.8) is 0 Å². The van der Waals surface area contributed by atoms with Crippen LogP contribution in [0.5, 0.6) is 0 Å². The molecule has 20 heteroatoms. The molecule has 3 fully saturated rings. The number of likely N-dealkylation sites (N-methyl/N-ethyl adjacent to an activating group) is 1. The number of halogens is 2. The Bertz CT molecular complexity index is 961. The Labute approximate surface area is 257 Å². The number of aliphatic hydroxyl groups excluding tert-OH is 7. The lowest BCUT2D eigenvalue weighted by Crippen LogP contribution is -2.70. The molecule has 0 aromatic rings. The monoisotopic (exact) mass is 663 g/mol. The molecule has 2 unspecified atom stereocenters. The van der Waals surface area contributed by atoms with Crippen LogP contribution >= 0.6 is 0 Å². The van der Waals surface area contributed by atoms with Crippen LogP contribution in [0.1, 0.15) is 13.3 Å². The molecule has 0 aromatic carbocycles. The summed E-state index contributed by atoms with van der Waals surface area (Å²) in [6.45, 7) is -0.495. The van der Waals surface area contributed by atoms with Gasteiger partial charge in [0.15, 0.2) is 18.7 Å². The van der Waals surface area contributed by atoms with Crippen molar-refractivity contribution in [2.75, 3.05) is 39.9 Å². The minimum atomic E-state index is -4.00. The van der Waals surface area contributed by atoms with Crippen LogP contribution in [-0.2, 0) is 23.7 Å². The van der Waals surface area contributed by atoms with E-state index in [4.69, 9.17) is 35.5 Å². The molecule has 3 rings (SSSR count). The highest BCUT2D eigenvalue weighted by molar-refractivity contribution is 5.82. The van der Waals surface area contributed by atoms with Crippen molar-refractivity contribution in [2.45, 2.75) is 111 Å². The summed E-state index contributed by atoms with van der Waals surface area (Å²) in [5.74, 6) is -5.57. The van der Waals surface area contributed by atoms with Gasteiger partial charge in [-0.2, -0.15) is 0 Å². The summed E-state index contributed by atoms with van der Waals surface area (Å²) in [5, 5.41) is 90.8. The highest BCUT2D eigenvalue weighted by Gasteiger charge is 2.54. The number of hydrogen-bond donors (Lipinski definition) is 13. The first kappa shape index (κ1) is 38.1. The van der Waals surface area contributed by atoms with E-state index in [9.17, 15) is 49.3 Å². The Morgan fingerprint density at radius 3 is 2.31 bits per heavy atom. The quantitative estimate of drug-likeness (QED) is 0.0814. The smallest absolute Gasteiger partial charge is 0.294 e. The third-order valence-electron chi connectivity index (χ3n) is 8.29. The lowest BCUT2D eigenvalue weighted by atomic mass is 9.83. The van der Waals surface area contributed by atoms with E-state index in [0.717, 1.165) is 0 Å². The van der Waals surface area contributed by atoms with E-state index < -0.39 is 110 Å². The van der Waals surface area contributed by atoms with Crippen LogP contribution in [0, 0.1) is 0 Å². The van der Waals surface area contributed by atoms with E-state index in [0.29, 0.717) is 0 Å². The highest BCUT2D eigenvalue weighted by Crippen LogP contribution is 2.33. The van der Waals surface area contributed by atoms with Crippen LogP contribution in [0.4, 0.5) is 8.78 Å².